The van der Waals surface area contributed by atoms with Gasteiger partial charge in [-0.1, -0.05) is 5.11 Å². The van der Waals surface area contributed by atoms with E-state index in [4.69, 9.17) is 5.53 Å². The van der Waals surface area contributed by atoms with Crippen LogP contribution in [0.2, 0.25) is 0 Å². The number of esters is 1. The molecule has 5 nitrogen and oxygen atoms in total. The Hall–Kier alpha value is -1.27. The zero-order chi connectivity index (χ0) is 10.6. The fraction of sp³-hybridized carbons (Fsp3) is 0.125. The van der Waals surface area contributed by atoms with Crippen molar-refractivity contribution in [2.24, 2.45) is 5.11 Å². The van der Waals surface area contributed by atoms with Crippen LogP contribution < -0.4 is 0 Å². The Balaban J connectivity index is 3.19. The van der Waals surface area contributed by atoms with Gasteiger partial charge in [-0.3, -0.25) is 0 Å². The van der Waals surface area contributed by atoms with E-state index in [2.05, 4.69) is 14.8 Å². The minimum atomic E-state index is -0.446. The van der Waals surface area contributed by atoms with E-state index in [-0.39, 0.29) is 0 Å². The van der Waals surface area contributed by atoms with Gasteiger partial charge in [0.25, 0.3) is 0 Å². The summed E-state index contributed by atoms with van der Waals surface area (Å²) in [6.45, 7) is 0. The van der Waals surface area contributed by atoms with E-state index in [1.165, 1.54) is 13.2 Å². The summed E-state index contributed by atoms with van der Waals surface area (Å²) in [4.78, 5) is 13.8. The van der Waals surface area contributed by atoms with Gasteiger partial charge in [0.15, 0.2) is 0 Å². The van der Waals surface area contributed by atoms with Crippen LogP contribution in [0.4, 0.5) is 5.69 Å². The molecule has 0 heterocycles. The summed E-state index contributed by atoms with van der Waals surface area (Å²) in [6.07, 6.45) is 0. The second-order valence-electron chi connectivity index (χ2n) is 2.38. The second-order valence-corrected chi connectivity index (χ2v) is 3.62. The molecular weight excluding hydrogens is 297 g/mol. The van der Waals surface area contributed by atoms with Crippen LogP contribution in [0.15, 0.2) is 23.3 Å². The molecule has 0 unspecified atom stereocenters. The van der Waals surface area contributed by atoms with Crippen molar-refractivity contribution in [2.75, 3.05) is 7.11 Å². The van der Waals surface area contributed by atoms with Gasteiger partial charge < -0.3 is 4.74 Å². The Morgan fingerprint density at radius 3 is 2.86 bits per heavy atom. The van der Waals surface area contributed by atoms with Crippen LogP contribution in [-0.4, -0.2) is 13.1 Å². The molecule has 0 bridgehead atoms. The van der Waals surface area contributed by atoms with Gasteiger partial charge in [0.2, 0.25) is 0 Å². The predicted octanol–water partition coefficient (Wildman–Crippen LogP) is 3.02. The van der Waals surface area contributed by atoms with Crippen molar-refractivity contribution in [2.45, 2.75) is 0 Å². The Morgan fingerprint density at radius 2 is 2.29 bits per heavy atom. The molecule has 0 N–H and O–H groups in total. The molecule has 1 aromatic carbocycles. The highest BCUT2D eigenvalue weighted by Gasteiger charge is 2.06. The van der Waals surface area contributed by atoms with Crippen molar-refractivity contribution in [1.29, 1.82) is 0 Å². The maximum absolute atomic E-state index is 11.2. The Kier molecular flexibility index (Phi) is 3.73. The van der Waals surface area contributed by atoms with Crippen LogP contribution in [0.5, 0.6) is 0 Å². The zero-order valence-corrected chi connectivity index (χ0v) is 9.43. The van der Waals surface area contributed by atoms with Gasteiger partial charge in [-0.05, 0) is 46.3 Å². The third kappa shape index (κ3) is 2.61. The third-order valence-electron chi connectivity index (χ3n) is 1.46. The first-order valence-corrected chi connectivity index (χ1v) is 4.69. The average Bonchev–Trinajstić information content (AvgIpc) is 2.16. The average molecular weight is 303 g/mol. The van der Waals surface area contributed by atoms with E-state index in [0.717, 1.165) is 3.57 Å². The summed E-state index contributed by atoms with van der Waals surface area (Å²) in [6, 6.07) is 4.81. The number of rotatable bonds is 2. The van der Waals surface area contributed by atoms with Crippen molar-refractivity contribution in [3.05, 3.63) is 37.8 Å². The molecule has 14 heavy (non-hydrogen) atoms. The lowest BCUT2D eigenvalue weighted by Gasteiger charge is -2.01. The number of carbonyl (C=O) groups is 1. The molecule has 0 radical (unpaired) electrons. The number of ether oxygens (including phenoxy) is 1. The van der Waals surface area contributed by atoms with E-state index < -0.39 is 5.97 Å². The number of hydrogen-bond donors (Lipinski definition) is 0. The van der Waals surface area contributed by atoms with E-state index in [1.54, 1.807) is 12.1 Å². The summed E-state index contributed by atoms with van der Waals surface area (Å²) in [5.74, 6) is -0.446. The minimum absolute atomic E-state index is 0.377. The first-order valence-electron chi connectivity index (χ1n) is 3.61. The molecule has 0 aromatic heterocycles. The van der Waals surface area contributed by atoms with Gasteiger partial charge >= 0.3 is 5.97 Å². The molecule has 0 amide bonds. The van der Waals surface area contributed by atoms with Gasteiger partial charge in [0.1, 0.15) is 0 Å². The van der Waals surface area contributed by atoms with Crippen LogP contribution in [-0.2, 0) is 4.74 Å². The molecule has 0 fully saturated rings. The molecule has 0 saturated carbocycles. The molecule has 0 aliphatic heterocycles. The molecule has 72 valence electrons. The van der Waals surface area contributed by atoms with E-state index in [1.807, 2.05) is 22.6 Å². The highest BCUT2D eigenvalue weighted by Crippen LogP contribution is 2.19. The lowest BCUT2D eigenvalue weighted by Crippen LogP contribution is -2.00. The molecule has 6 heteroatoms. The lowest BCUT2D eigenvalue weighted by molar-refractivity contribution is 0.0600. The van der Waals surface area contributed by atoms with Gasteiger partial charge in [0, 0.05) is 14.2 Å². The summed E-state index contributed by atoms with van der Waals surface area (Å²) < 4.78 is 5.36. The zero-order valence-electron chi connectivity index (χ0n) is 7.27. The van der Waals surface area contributed by atoms with Gasteiger partial charge in [-0.2, -0.15) is 0 Å². The first kappa shape index (κ1) is 10.8. The maximum Gasteiger partial charge on any atom is 0.337 e. The van der Waals surface area contributed by atoms with Crippen LogP contribution in [0.1, 0.15) is 10.4 Å². The number of benzene rings is 1. The number of nitrogens with zero attached hydrogens (tertiary/aromatic N) is 3. The SMILES string of the molecule is COC(=O)c1cc(I)cc(N=[N+]=[N-])c1. The monoisotopic (exact) mass is 303 g/mol. The molecule has 0 aliphatic carbocycles. The molecule has 0 spiro atoms. The quantitative estimate of drug-likeness (QED) is 0.277. The first-order chi connectivity index (χ1) is 6.67. The largest absolute Gasteiger partial charge is 0.465 e. The standard InChI is InChI=1S/C8H6IN3O2/c1-14-8(13)5-2-6(9)4-7(3-5)11-12-10/h2-4H,1H3. The summed E-state index contributed by atoms with van der Waals surface area (Å²) in [5, 5.41) is 3.41. The third-order valence-corrected chi connectivity index (χ3v) is 2.09. The maximum atomic E-state index is 11.2. The summed E-state index contributed by atoms with van der Waals surface area (Å²) in [7, 11) is 1.30. The normalized spacial score (nSPS) is 9.00. The highest BCUT2D eigenvalue weighted by molar-refractivity contribution is 14.1. The number of azide groups is 1. The van der Waals surface area contributed by atoms with Crippen LogP contribution in [0.3, 0.4) is 0 Å². The lowest BCUT2D eigenvalue weighted by atomic mass is 10.2. The van der Waals surface area contributed by atoms with Crippen molar-refractivity contribution in [3.63, 3.8) is 0 Å². The van der Waals surface area contributed by atoms with Gasteiger partial charge in [-0.25, -0.2) is 4.79 Å². The minimum Gasteiger partial charge on any atom is -0.465 e. The van der Waals surface area contributed by atoms with Crippen LogP contribution in [0, 0.1) is 3.57 Å². The van der Waals surface area contributed by atoms with E-state index >= 15 is 0 Å². The van der Waals surface area contributed by atoms with E-state index in [0.29, 0.717) is 11.3 Å². The topological polar surface area (TPSA) is 75.1 Å². The molecule has 0 aliphatic rings. The molecular formula is C8H6IN3O2. The Bertz CT molecular complexity index is 413. The molecule has 1 aromatic rings. The number of methoxy groups -OCH3 is 1. The summed E-state index contributed by atoms with van der Waals surface area (Å²) >= 11 is 2.03. The fourth-order valence-electron chi connectivity index (χ4n) is 0.919. The highest BCUT2D eigenvalue weighted by atomic mass is 127. The molecule has 1 rings (SSSR count). The summed E-state index contributed by atoms with van der Waals surface area (Å²) in [5.41, 5.74) is 9.02. The molecule has 0 atom stereocenters. The van der Waals surface area contributed by atoms with Crippen molar-refractivity contribution >= 4 is 34.2 Å². The van der Waals surface area contributed by atoms with E-state index in [9.17, 15) is 4.79 Å². The van der Waals surface area contributed by atoms with Crippen LogP contribution in [0.25, 0.3) is 10.4 Å². The smallest absolute Gasteiger partial charge is 0.337 e. The van der Waals surface area contributed by atoms with Gasteiger partial charge in [0.05, 0.1) is 12.7 Å². The number of hydrogen-bond acceptors (Lipinski definition) is 3. The van der Waals surface area contributed by atoms with Crippen LogP contribution >= 0.6 is 22.6 Å². The Morgan fingerprint density at radius 1 is 1.57 bits per heavy atom. The van der Waals surface area contributed by atoms with Crippen molar-refractivity contribution in [3.8, 4) is 0 Å². The van der Waals surface area contributed by atoms with Crippen molar-refractivity contribution in [1.82, 2.24) is 0 Å². The second kappa shape index (κ2) is 4.83. The number of carbonyl (C=O) groups excluding carboxylic acids is 1. The van der Waals surface area contributed by atoms with Gasteiger partial charge in [-0.15, -0.1) is 0 Å². The fourth-order valence-corrected chi connectivity index (χ4v) is 1.57. The number of halogens is 1. The Labute approximate surface area is 93.8 Å². The molecule has 0 saturated heterocycles. The van der Waals surface area contributed by atoms with Crippen molar-refractivity contribution < 1.29 is 9.53 Å². The predicted molar refractivity (Wildman–Crippen MR) is 59.3 cm³/mol.